The molecule has 0 aromatic heterocycles. The highest BCUT2D eigenvalue weighted by atomic mass is 32.2. The van der Waals surface area contributed by atoms with Crippen LogP contribution in [0.1, 0.15) is 35.2 Å². The number of piperidine rings is 1. The largest absolute Gasteiger partial charge is 0.366 e. The van der Waals surface area contributed by atoms with Crippen LogP contribution in [-0.4, -0.2) is 38.3 Å². The van der Waals surface area contributed by atoms with E-state index in [1.807, 2.05) is 0 Å². The molecule has 0 aliphatic carbocycles. The van der Waals surface area contributed by atoms with E-state index < -0.39 is 15.9 Å². The molecule has 1 saturated heterocycles. The molecular weight excluding hydrogens is 302 g/mol. The van der Waals surface area contributed by atoms with E-state index in [0.29, 0.717) is 31.1 Å². The molecule has 122 valence electrons. The highest BCUT2D eigenvalue weighted by Crippen LogP contribution is 2.26. The molecule has 0 bridgehead atoms. The Balaban J connectivity index is 2.30. The molecule has 22 heavy (non-hydrogen) atoms. The summed E-state index contributed by atoms with van der Waals surface area (Å²) in [6, 6.07) is 4.53. The summed E-state index contributed by atoms with van der Waals surface area (Å²) in [5.74, 6) is -0.316. The van der Waals surface area contributed by atoms with Crippen molar-refractivity contribution in [3.05, 3.63) is 29.3 Å². The molecule has 4 N–H and O–H groups in total. The number of benzene rings is 1. The quantitative estimate of drug-likeness (QED) is 0.836. The number of carbonyl (C=O) groups excluding carboxylic acids is 1. The van der Waals surface area contributed by atoms with Gasteiger partial charge in [-0.2, -0.15) is 4.31 Å². The van der Waals surface area contributed by atoms with E-state index >= 15 is 0 Å². The van der Waals surface area contributed by atoms with Gasteiger partial charge in [-0.1, -0.05) is 6.07 Å². The van der Waals surface area contributed by atoms with Crippen molar-refractivity contribution >= 4 is 15.9 Å². The van der Waals surface area contributed by atoms with E-state index in [1.54, 1.807) is 13.0 Å². The average Bonchev–Trinajstić information content (AvgIpc) is 2.48. The van der Waals surface area contributed by atoms with Gasteiger partial charge in [0.15, 0.2) is 0 Å². The van der Waals surface area contributed by atoms with Crippen LogP contribution in [0.3, 0.4) is 0 Å². The number of rotatable bonds is 5. The third kappa shape index (κ3) is 3.48. The second-order valence-corrected chi connectivity index (χ2v) is 7.73. The van der Waals surface area contributed by atoms with Gasteiger partial charge in [-0.3, -0.25) is 4.79 Å². The van der Waals surface area contributed by atoms with Crippen LogP contribution in [0.4, 0.5) is 0 Å². The zero-order valence-electron chi connectivity index (χ0n) is 12.8. The molecule has 1 amide bonds. The van der Waals surface area contributed by atoms with Crippen molar-refractivity contribution in [1.29, 1.82) is 0 Å². The summed E-state index contributed by atoms with van der Waals surface area (Å²) in [6.45, 7) is 3.28. The summed E-state index contributed by atoms with van der Waals surface area (Å²) < 4.78 is 27.0. The van der Waals surface area contributed by atoms with Crippen molar-refractivity contribution in [2.75, 3.05) is 19.6 Å². The highest BCUT2D eigenvalue weighted by molar-refractivity contribution is 7.89. The van der Waals surface area contributed by atoms with Crippen molar-refractivity contribution < 1.29 is 13.2 Å². The number of aryl methyl sites for hydroxylation is 1. The lowest BCUT2D eigenvalue weighted by Crippen LogP contribution is -2.40. The van der Waals surface area contributed by atoms with Gasteiger partial charge in [-0.15, -0.1) is 0 Å². The van der Waals surface area contributed by atoms with Crippen molar-refractivity contribution in [2.24, 2.45) is 17.4 Å². The summed E-state index contributed by atoms with van der Waals surface area (Å²) in [7, 11) is -3.60. The van der Waals surface area contributed by atoms with E-state index in [9.17, 15) is 13.2 Å². The Morgan fingerprint density at radius 1 is 1.41 bits per heavy atom. The van der Waals surface area contributed by atoms with Gasteiger partial charge in [0.2, 0.25) is 15.9 Å². The first-order chi connectivity index (χ1) is 10.4. The van der Waals surface area contributed by atoms with E-state index in [-0.39, 0.29) is 10.5 Å². The predicted octanol–water partition coefficient (Wildman–Crippen LogP) is 0.843. The number of sulfonamides is 1. The first kappa shape index (κ1) is 16.9. The Morgan fingerprint density at radius 2 is 2.14 bits per heavy atom. The molecule has 1 fully saturated rings. The first-order valence-corrected chi connectivity index (χ1v) is 8.91. The minimum absolute atomic E-state index is 0.125. The fraction of sp³-hybridized carbons (Fsp3) is 0.533. The van der Waals surface area contributed by atoms with Crippen molar-refractivity contribution in [3.8, 4) is 0 Å². The molecule has 0 radical (unpaired) electrons. The molecule has 1 aliphatic rings. The van der Waals surface area contributed by atoms with Crippen LogP contribution >= 0.6 is 0 Å². The maximum absolute atomic E-state index is 12.8. The average molecular weight is 325 g/mol. The second-order valence-electron chi connectivity index (χ2n) is 5.79. The van der Waals surface area contributed by atoms with Crippen LogP contribution in [0, 0.1) is 12.8 Å². The number of carbonyl (C=O) groups is 1. The van der Waals surface area contributed by atoms with Gasteiger partial charge in [0, 0.05) is 18.7 Å². The zero-order chi connectivity index (χ0) is 16.3. The minimum atomic E-state index is -3.60. The Kier molecular flexibility index (Phi) is 5.20. The van der Waals surface area contributed by atoms with Gasteiger partial charge in [-0.25, -0.2) is 8.42 Å². The molecule has 1 unspecified atom stereocenters. The van der Waals surface area contributed by atoms with Gasteiger partial charge >= 0.3 is 0 Å². The molecule has 7 heteroatoms. The number of amides is 1. The topological polar surface area (TPSA) is 106 Å². The molecule has 6 nitrogen and oxygen atoms in total. The van der Waals surface area contributed by atoms with Crippen LogP contribution in [0.5, 0.6) is 0 Å². The van der Waals surface area contributed by atoms with Crippen molar-refractivity contribution in [3.63, 3.8) is 0 Å². The molecule has 0 spiro atoms. The van der Waals surface area contributed by atoms with Gasteiger partial charge < -0.3 is 11.5 Å². The second kappa shape index (κ2) is 6.76. The number of hydrogen-bond acceptors (Lipinski definition) is 4. The van der Waals surface area contributed by atoms with Crippen LogP contribution in [0.2, 0.25) is 0 Å². The summed E-state index contributed by atoms with van der Waals surface area (Å²) >= 11 is 0. The molecule has 2 rings (SSSR count). The van der Waals surface area contributed by atoms with E-state index in [1.165, 1.54) is 16.4 Å². The van der Waals surface area contributed by atoms with Gasteiger partial charge in [0.1, 0.15) is 0 Å². The van der Waals surface area contributed by atoms with E-state index in [4.69, 9.17) is 11.5 Å². The third-order valence-corrected chi connectivity index (χ3v) is 6.03. The standard InChI is InChI=1S/C15H23N3O3S/c1-11-4-5-13(9-14(11)15(17)19)22(20,21)18-8-2-3-12(10-18)6-7-16/h4-5,9,12H,2-3,6-8,10,16H2,1H3,(H2,17,19). The summed E-state index contributed by atoms with van der Waals surface area (Å²) in [5, 5.41) is 0. The van der Waals surface area contributed by atoms with Crippen molar-refractivity contribution in [1.82, 2.24) is 4.31 Å². The Labute approximate surface area is 131 Å². The first-order valence-electron chi connectivity index (χ1n) is 7.47. The Hall–Kier alpha value is -1.44. The molecular formula is C15H23N3O3S. The van der Waals surface area contributed by atoms with Crippen LogP contribution in [-0.2, 0) is 10.0 Å². The maximum atomic E-state index is 12.8. The fourth-order valence-corrected chi connectivity index (χ4v) is 4.47. The van der Waals surface area contributed by atoms with Crippen LogP contribution in [0.15, 0.2) is 23.1 Å². The Morgan fingerprint density at radius 3 is 2.77 bits per heavy atom. The number of nitrogens with zero attached hydrogens (tertiary/aromatic N) is 1. The molecule has 1 heterocycles. The van der Waals surface area contributed by atoms with Gasteiger partial charge in [0.25, 0.3) is 0 Å². The molecule has 1 aromatic carbocycles. The monoisotopic (exact) mass is 325 g/mol. The smallest absolute Gasteiger partial charge is 0.249 e. The SMILES string of the molecule is Cc1ccc(S(=O)(=O)N2CCCC(CCN)C2)cc1C(N)=O. The number of hydrogen-bond donors (Lipinski definition) is 2. The maximum Gasteiger partial charge on any atom is 0.249 e. The summed E-state index contributed by atoms with van der Waals surface area (Å²) in [4.78, 5) is 11.5. The predicted molar refractivity (Wildman–Crippen MR) is 84.9 cm³/mol. The molecule has 1 atom stereocenters. The van der Waals surface area contributed by atoms with E-state index in [2.05, 4.69) is 0 Å². The fourth-order valence-electron chi connectivity index (χ4n) is 2.89. The lowest BCUT2D eigenvalue weighted by atomic mass is 9.96. The Bertz CT molecular complexity index is 656. The minimum Gasteiger partial charge on any atom is -0.366 e. The summed E-state index contributed by atoms with van der Waals surface area (Å²) in [6.07, 6.45) is 2.66. The van der Waals surface area contributed by atoms with E-state index in [0.717, 1.165) is 19.3 Å². The van der Waals surface area contributed by atoms with Gasteiger partial charge in [0.05, 0.1) is 4.90 Å². The number of primary amides is 1. The van der Waals surface area contributed by atoms with Crippen LogP contribution < -0.4 is 11.5 Å². The lowest BCUT2D eigenvalue weighted by Gasteiger charge is -2.31. The van der Waals surface area contributed by atoms with Crippen molar-refractivity contribution in [2.45, 2.75) is 31.1 Å². The lowest BCUT2D eigenvalue weighted by molar-refractivity contribution is 0.0999. The van der Waals surface area contributed by atoms with Gasteiger partial charge in [-0.05, 0) is 56.3 Å². The molecule has 1 aromatic rings. The number of nitrogens with two attached hydrogens (primary N) is 2. The normalized spacial score (nSPS) is 20.0. The molecule has 0 saturated carbocycles. The van der Waals surface area contributed by atoms with Crippen LogP contribution in [0.25, 0.3) is 0 Å². The summed E-state index contributed by atoms with van der Waals surface area (Å²) in [5.41, 5.74) is 11.8. The zero-order valence-corrected chi connectivity index (χ0v) is 13.6. The highest BCUT2D eigenvalue weighted by Gasteiger charge is 2.30. The third-order valence-electron chi connectivity index (χ3n) is 4.17. The molecule has 1 aliphatic heterocycles.